The zero-order valence-corrected chi connectivity index (χ0v) is 22.8. The Bertz CT molecular complexity index is 1140. The van der Waals surface area contributed by atoms with Crippen LogP contribution in [-0.4, -0.2) is 123 Å². The molecule has 6 rings (SSSR count). The van der Waals surface area contributed by atoms with E-state index >= 15 is 0 Å². The van der Waals surface area contributed by atoms with E-state index in [2.05, 4.69) is 0 Å². The maximum Gasteiger partial charge on any atom is 0.342 e. The van der Waals surface area contributed by atoms with E-state index in [0.29, 0.717) is 51.7 Å². The van der Waals surface area contributed by atoms with Crippen LogP contribution in [-0.2, 0) is 33.2 Å². The molecule has 5 fully saturated rings. The van der Waals surface area contributed by atoms with E-state index in [1.54, 1.807) is 18.7 Å². The zero-order chi connectivity index (χ0) is 28.4. The molecule has 0 radical (unpaired) electrons. The van der Waals surface area contributed by atoms with Crippen LogP contribution >= 0.6 is 0 Å². The van der Waals surface area contributed by atoms with Crippen LogP contribution < -0.4 is 4.74 Å². The lowest BCUT2D eigenvalue weighted by Crippen LogP contribution is -2.45. The average Bonchev–Trinajstić information content (AvgIpc) is 3.79. The maximum atomic E-state index is 12.2. The van der Waals surface area contributed by atoms with Crippen molar-refractivity contribution in [2.24, 2.45) is 0 Å². The largest absolute Gasteiger partial charge is 0.490 e. The molecule has 0 saturated carbocycles. The highest BCUT2D eigenvalue weighted by Gasteiger charge is 2.51. The number of hydrogen-bond acceptors (Lipinski definition) is 11. The van der Waals surface area contributed by atoms with Gasteiger partial charge in [-0.3, -0.25) is 9.69 Å². The molecule has 0 aliphatic carbocycles. The molecule has 40 heavy (non-hydrogen) atoms. The van der Waals surface area contributed by atoms with E-state index in [9.17, 15) is 19.2 Å². The Morgan fingerprint density at radius 1 is 0.875 bits per heavy atom. The van der Waals surface area contributed by atoms with E-state index in [4.69, 9.17) is 33.2 Å². The Labute approximate surface area is 231 Å². The minimum absolute atomic E-state index is 0.00872. The van der Waals surface area contributed by atoms with Crippen molar-refractivity contribution in [1.29, 1.82) is 0 Å². The fraction of sp³-hybridized carbons (Fsp3) is 0.630. The lowest BCUT2D eigenvalue weighted by atomic mass is 10.0. The summed E-state index contributed by atoms with van der Waals surface area (Å²) in [5, 5.41) is 0. The van der Waals surface area contributed by atoms with Crippen molar-refractivity contribution in [1.82, 2.24) is 9.80 Å². The van der Waals surface area contributed by atoms with Gasteiger partial charge in [0.1, 0.15) is 55.0 Å². The number of amides is 3. The Hall–Kier alpha value is -3.26. The Morgan fingerprint density at radius 3 is 1.95 bits per heavy atom. The molecule has 3 amide bonds. The van der Waals surface area contributed by atoms with Crippen LogP contribution in [0, 0.1) is 0 Å². The topological polar surface area (TPSA) is 153 Å². The normalized spacial score (nSPS) is 27.0. The number of imide groups is 1. The highest BCUT2D eigenvalue weighted by Crippen LogP contribution is 2.29. The number of ether oxygens (including phenoxy) is 7. The third-order valence-corrected chi connectivity index (χ3v) is 6.88. The van der Waals surface area contributed by atoms with Crippen LogP contribution in [0.3, 0.4) is 0 Å². The second kappa shape index (κ2) is 11.7. The van der Waals surface area contributed by atoms with Gasteiger partial charge in [0.15, 0.2) is 0 Å². The molecule has 5 heterocycles. The number of likely N-dealkylation sites (N-methyl/N-ethyl adjacent to an activating group) is 1. The number of epoxide rings is 4. The monoisotopic (exact) mass is 562 g/mol. The summed E-state index contributed by atoms with van der Waals surface area (Å²) in [5.74, 6) is -0.854. The first-order chi connectivity index (χ1) is 19.2. The van der Waals surface area contributed by atoms with Crippen LogP contribution in [0.2, 0.25) is 0 Å². The van der Waals surface area contributed by atoms with Crippen LogP contribution in [0.25, 0.3) is 0 Å². The molecule has 1 aromatic rings. The van der Waals surface area contributed by atoms with Gasteiger partial charge in [-0.2, -0.15) is 0 Å². The molecular weight excluding hydrogens is 528 g/mol. The Kier molecular flexibility index (Phi) is 8.26. The van der Waals surface area contributed by atoms with Gasteiger partial charge >= 0.3 is 18.0 Å². The average molecular weight is 563 g/mol. The smallest absolute Gasteiger partial charge is 0.342 e. The van der Waals surface area contributed by atoms with Crippen molar-refractivity contribution in [3.63, 3.8) is 0 Å². The lowest BCUT2D eigenvalue weighted by molar-refractivity contribution is -0.131. The number of urea groups is 1. The fourth-order valence-electron chi connectivity index (χ4n) is 3.99. The number of carbonyl (C=O) groups is 4. The van der Waals surface area contributed by atoms with Crippen molar-refractivity contribution in [2.75, 3.05) is 59.3 Å². The summed E-state index contributed by atoms with van der Waals surface area (Å²) in [6, 6.07) is 4.32. The van der Waals surface area contributed by atoms with Crippen molar-refractivity contribution < 1.29 is 52.3 Å². The van der Waals surface area contributed by atoms with Crippen molar-refractivity contribution in [3.05, 3.63) is 29.3 Å². The third-order valence-electron chi connectivity index (χ3n) is 6.88. The highest BCUT2D eigenvalue weighted by molar-refractivity contribution is 6.06. The lowest BCUT2D eigenvalue weighted by Gasteiger charge is -2.26. The summed E-state index contributed by atoms with van der Waals surface area (Å²) < 4.78 is 36.2. The van der Waals surface area contributed by atoms with E-state index < -0.39 is 17.5 Å². The zero-order valence-electron chi connectivity index (χ0n) is 22.8. The van der Waals surface area contributed by atoms with E-state index in [-0.39, 0.29) is 60.9 Å². The van der Waals surface area contributed by atoms with Crippen molar-refractivity contribution in [3.8, 4) is 5.75 Å². The summed E-state index contributed by atoms with van der Waals surface area (Å²) in [6.07, 6.45) is 0.113. The summed E-state index contributed by atoms with van der Waals surface area (Å²) in [7, 11) is 0. The first kappa shape index (κ1) is 28.3. The Balaban J connectivity index is 0.000000184. The van der Waals surface area contributed by atoms with Gasteiger partial charge in [-0.1, -0.05) is 0 Å². The predicted molar refractivity (Wildman–Crippen MR) is 135 cm³/mol. The van der Waals surface area contributed by atoms with Crippen LogP contribution in [0.1, 0.15) is 41.5 Å². The minimum Gasteiger partial charge on any atom is -0.490 e. The van der Waals surface area contributed by atoms with Crippen LogP contribution in [0.5, 0.6) is 5.75 Å². The molecular formula is C27H34N2O11. The molecule has 5 saturated heterocycles. The molecule has 4 unspecified atom stereocenters. The van der Waals surface area contributed by atoms with Gasteiger partial charge in [0, 0.05) is 6.54 Å². The summed E-state index contributed by atoms with van der Waals surface area (Å²) >= 11 is 0. The van der Waals surface area contributed by atoms with E-state index in [0.717, 1.165) is 0 Å². The van der Waals surface area contributed by atoms with Gasteiger partial charge in [-0.25, -0.2) is 14.4 Å². The molecule has 0 bridgehead atoms. The van der Waals surface area contributed by atoms with E-state index in [1.165, 1.54) is 23.1 Å². The van der Waals surface area contributed by atoms with Gasteiger partial charge in [0.25, 0.3) is 5.91 Å². The van der Waals surface area contributed by atoms with Crippen molar-refractivity contribution >= 4 is 23.9 Å². The standard InChI is InChI=1S/C17H18O8.C10H16N2O3/c18-16(24-8-12-5-21-12)10-1-2-14(17(19)25-9-13-6-22-13)15(3-10)23-7-11-4-20-11;1-4-11-8(13)10(2,3)12(9(11)14)5-7-6-15-7/h1-3,11-13H,4-9H2;7H,4-6H2,1-3H3. The number of rotatable bonds is 12. The van der Waals surface area contributed by atoms with Gasteiger partial charge in [-0.15, -0.1) is 0 Å². The first-order valence-electron chi connectivity index (χ1n) is 13.4. The van der Waals surface area contributed by atoms with Gasteiger partial charge in [0.2, 0.25) is 0 Å². The second-order valence-electron chi connectivity index (χ2n) is 10.5. The van der Waals surface area contributed by atoms with Gasteiger partial charge in [-0.05, 0) is 39.0 Å². The molecule has 4 atom stereocenters. The molecule has 5 aliphatic heterocycles. The molecule has 1 aromatic carbocycles. The summed E-state index contributed by atoms with van der Waals surface area (Å²) in [5.41, 5.74) is -0.170. The summed E-state index contributed by atoms with van der Waals surface area (Å²) in [6.45, 7) is 9.59. The van der Waals surface area contributed by atoms with E-state index in [1.807, 2.05) is 6.92 Å². The predicted octanol–water partition coefficient (Wildman–Crippen LogP) is 1.02. The summed E-state index contributed by atoms with van der Waals surface area (Å²) in [4.78, 5) is 51.0. The SMILES string of the molecule is CCN1C(=O)N(CC2CO2)C(C)(C)C1=O.O=C(OCC1CO1)c1ccc(C(=O)OCC2CO2)c(OCC2CO2)c1. The minimum atomic E-state index is -0.723. The highest BCUT2D eigenvalue weighted by atomic mass is 16.6. The number of hydrogen-bond donors (Lipinski definition) is 0. The number of esters is 2. The first-order valence-corrected chi connectivity index (χ1v) is 13.4. The molecule has 0 N–H and O–H groups in total. The van der Waals surface area contributed by atoms with Gasteiger partial charge < -0.3 is 38.1 Å². The quantitative estimate of drug-likeness (QED) is 0.204. The van der Waals surface area contributed by atoms with Gasteiger partial charge in [0.05, 0.1) is 44.6 Å². The molecule has 218 valence electrons. The number of nitrogens with zero attached hydrogens (tertiary/aromatic N) is 2. The molecule has 5 aliphatic rings. The molecule has 13 heteroatoms. The molecule has 0 spiro atoms. The second-order valence-corrected chi connectivity index (χ2v) is 10.5. The fourth-order valence-corrected chi connectivity index (χ4v) is 3.99. The van der Waals surface area contributed by atoms with Crippen molar-refractivity contribution in [2.45, 2.75) is 50.7 Å². The molecule has 13 nitrogen and oxygen atoms in total. The third kappa shape index (κ3) is 7.08. The molecule has 0 aromatic heterocycles. The Morgan fingerprint density at radius 2 is 1.43 bits per heavy atom. The van der Waals surface area contributed by atoms with Crippen LogP contribution in [0.4, 0.5) is 4.79 Å². The van der Waals surface area contributed by atoms with Crippen LogP contribution in [0.15, 0.2) is 18.2 Å². The number of carbonyl (C=O) groups excluding carboxylic acids is 4. The number of benzene rings is 1. The maximum absolute atomic E-state index is 12.2.